The van der Waals surface area contributed by atoms with Crippen LogP contribution < -0.4 is 10.6 Å². The van der Waals surface area contributed by atoms with E-state index in [2.05, 4.69) is 10.6 Å². The van der Waals surface area contributed by atoms with Crippen LogP contribution in [0.25, 0.3) is 11.1 Å². The molecule has 0 saturated carbocycles. The summed E-state index contributed by atoms with van der Waals surface area (Å²) in [6.07, 6.45) is 0. The molecule has 0 fully saturated rings. The lowest BCUT2D eigenvalue weighted by molar-refractivity contribution is 0.0958. The molecule has 4 nitrogen and oxygen atoms in total. The summed E-state index contributed by atoms with van der Waals surface area (Å²) >= 11 is 1.47. The van der Waals surface area contributed by atoms with Crippen LogP contribution >= 0.6 is 11.3 Å². The molecule has 2 aromatic rings. The average Bonchev–Trinajstić information content (AvgIpc) is 3.01. The third kappa shape index (κ3) is 4.67. The van der Waals surface area contributed by atoms with Gasteiger partial charge < -0.3 is 15.4 Å². The summed E-state index contributed by atoms with van der Waals surface area (Å²) in [5.74, 6) is -0.0163. The fourth-order valence-corrected chi connectivity index (χ4v) is 2.81. The molecule has 1 amide bonds. The molecule has 0 unspecified atom stereocenters. The zero-order valence-corrected chi connectivity index (χ0v) is 12.9. The van der Waals surface area contributed by atoms with Gasteiger partial charge in [-0.1, -0.05) is 30.3 Å². The first kappa shape index (κ1) is 15.7. The number of methoxy groups -OCH3 is 1. The second-order valence-corrected chi connectivity index (χ2v) is 5.44. The Labute approximate surface area is 129 Å². The smallest absolute Gasteiger partial charge is 0.262 e. The third-order valence-electron chi connectivity index (χ3n) is 3.03. The van der Waals surface area contributed by atoms with Gasteiger partial charge in [0.15, 0.2) is 0 Å². The molecule has 1 aromatic heterocycles. The molecule has 5 heteroatoms. The highest BCUT2D eigenvalue weighted by Gasteiger charge is 2.13. The molecule has 0 aliphatic heterocycles. The van der Waals surface area contributed by atoms with Crippen LogP contribution in [0.5, 0.6) is 0 Å². The molecule has 1 aromatic carbocycles. The predicted octanol–water partition coefficient (Wildman–Crippen LogP) is 2.38. The van der Waals surface area contributed by atoms with Crippen LogP contribution in [0, 0.1) is 0 Å². The first-order chi connectivity index (χ1) is 10.3. The zero-order valence-electron chi connectivity index (χ0n) is 12.1. The molecule has 0 bridgehead atoms. The molecule has 0 radical (unpaired) electrons. The van der Waals surface area contributed by atoms with Crippen LogP contribution in [0.15, 0.2) is 41.8 Å². The number of nitrogens with one attached hydrogen (secondary N) is 2. The van der Waals surface area contributed by atoms with Crippen molar-refractivity contribution in [2.24, 2.45) is 0 Å². The molecule has 0 atom stereocenters. The number of benzene rings is 1. The Kier molecular flexibility index (Phi) is 6.40. The molecule has 2 rings (SSSR count). The number of hydrogen-bond donors (Lipinski definition) is 2. The van der Waals surface area contributed by atoms with Gasteiger partial charge in [-0.3, -0.25) is 4.79 Å². The lowest BCUT2D eigenvalue weighted by atomic mass is 10.1. The lowest BCUT2D eigenvalue weighted by Crippen LogP contribution is -2.32. The van der Waals surface area contributed by atoms with Gasteiger partial charge >= 0.3 is 0 Å². The Morgan fingerprint density at radius 1 is 1.14 bits per heavy atom. The number of amides is 1. The highest BCUT2D eigenvalue weighted by Crippen LogP contribution is 2.27. The summed E-state index contributed by atoms with van der Waals surface area (Å²) in [7, 11) is 1.67. The molecule has 0 saturated heterocycles. The fraction of sp³-hybridized carbons (Fsp3) is 0.312. The predicted molar refractivity (Wildman–Crippen MR) is 86.8 cm³/mol. The normalized spacial score (nSPS) is 10.5. The van der Waals surface area contributed by atoms with E-state index in [1.54, 1.807) is 7.11 Å². The van der Waals surface area contributed by atoms with Crippen LogP contribution in [-0.4, -0.2) is 39.3 Å². The van der Waals surface area contributed by atoms with E-state index in [1.807, 2.05) is 41.8 Å². The second kappa shape index (κ2) is 8.56. The Morgan fingerprint density at radius 3 is 2.71 bits per heavy atom. The Morgan fingerprint density at radius 2 is 1.95 bits per heavy atom. The summed E-state index contributed by atoms with van der Waals surface area (Å²) in [5, 5.41) is 8.09. The van der Waals surface area contributed by atoms with Gasteiger partial charge in [0.05, 0.1) is 11.5 Å². The molecule has 0 aliphatic rings. The first-order valence-electron chi connectivity index (χ1n) is 6.93. The number of rotatable bonds is 8. The minimum Gasteiger partial charge on any atom is -0.383 e. The van der Waals surface area contributed by atoms with Crippen LogP contribution in [0.3, 0.4) is 0 Å². The van der Waals surface area contributed by atoms with Gasteiger partial charge in [-0.2, -0.15) is 0 Å². The topological polar surface area (TPSA) is 50.4 Å². The van der Waals surface area contributed by atoms with Crippen molar-refractivity contribution >= 4 is 17.2 Å². The van der Waals surface area contributed by atoms with E-state index in [0.29, 0.717) is 13.2 Å². The molecule has 0 aliphatic carbocycles. The van der Waals surface area contributed by atoms with Crippen LogP contribution in [0.4, 0.5) is 0 Å². The van der Waals surface area contributed by atoms with Crippen LogP contribution in [0.1, 0.15) is 9.67 Å². The van der Waals surface area contributed by atoms with Crippen molar-refractivity contribution in [2.45, 2.75) is 0 Å². The van der Waals surface area contributed by atoms with E-state index >= 15 is 0 Å². The minimum atomic E-state index is -0.0163. The molecular formula is C16H20N2O2S. The summed E-state index contributed by atoms with van der Waals surface area (Å²) in [5.41, 5.74) is 2.06. The maximum absolute atomic E-state index is 12.2. The number of hydrogen-bond acceptors (Lipinski definition) is 4. The third-order valence-corrected chi connectivity index (χ3v) is 3.94. The van der Waals surface area contributed by atoms with Gasteiger partial charge in [0.2, 0.25) is 0 Å². The molecular weight excluding hydrogens is 284 g/mol. The van der Waals surface area contributed by atoms with Gasteiger partial charge in [0.25, 0.3) is 5.91 Å². The van der Waals surface area contributed by atoms with Gasteiger partial charge in [-0.25, -0.2) is 0 Å². The van der Waals surface area contributed by atoms with Crippen molar-refractivity contribution in [3.8, 4) is 11.1 Å². The maximum atomic E-state index is 12.2. The molecule has 0 spiro atoms. The summed E-state index contributed by atoms with van der Waals surface area (Å²) in [6, 6.07) is 12.0. The van der Waals surface area contributed by atoms with Crippen LogP contribution in [-0.2, 0) is 4.74 Å². The maximum Gasteiger partial charge on any atom is 0.262 e. The van der Waals surface area contributed by atoms with E-state index < -0.39 is 0 Å². The highest BCUT2D eigenvalue weighted by molar-refractivity contribution is 7.12. The Bertz CT molecular complexity index is 554. The highest BCUT2D eigenvalue weighted by atomic mass is 32.1. The molecule has 112 valence electrons. The van der Waals surface area contributed by atoms with Gasteiger partial charge in [0, 0.05) is 32.3 Å². The SMILES string of the molecule is COCCNCCNC(=O)c1sccc1-c1ccccc1. The van der Waals surface area contributed by atoms with Crippen molar-refractivity contribution in [3.63, 3.8) is 0 Å². The average molecular weight is 304 g/mol. The van der Waals surface area contributed by atoms with Crippen molar-refractivity contribution in [1.29, 1.82) is 0 Å². The monoisotopic (exact) mass is 304 g/mol. The fourth-order valence-electron chi connectivity index (χ4n) is 1.97. The number of carbonyl (C=O) groups is 1. The van der Waals surface area contributed by atoms with Gasteiger partial charge in [-0.05, 0) is 17.0 Å². The van der Waals surface area contributed by atoms with Gasteiger partial charge in [0.1, 0.15) is 0 Å². The van der Waals surface area contributed by atoms with Crippen LogP contribution in [0.2, 0.25) is 0 Å². The first-order valence-corrected chi connectivity index (χ1v) is 7.81. The van der Waals surface area contributed by atoms with Gasteiger partial charge in [-0.15, -0.1) is 11.3 Å². The van der Waals surface area contributed by atoms with Crippen molar-refractivity contribution in [2.75, 3.05) is 33.4 Å². The second-order valence-electron chi connectivity index (χ2n) is 4.53. The van der Waals surface area contributed by atoms with E-state index in [1.165, 1.54) is 11.3 Å². The quantitative estimate of drug-likeness (QED) is 0.736. The summed E-state index contributed by atoms with van der Waals surface area (Å²) in [6.45, 7) is 2.81. The van der Waals surface area contributed by atoms with Crippen molar-refractivity contribution in [1.82, 2.24) is 10.6 Å². The number of ether oxygens (including phenoxy) is 1. The largest absolute Gasteiger partial charge is 0.383 e. The Balaban J connectivity index is 1.88. The standard InChI is InChI=1S/C16H20N2O2S/c1-20-11-10-17-8-9-18-16(19)15-14(7-12-21-15)13-5-3-2-4-6-13/h2-7,12,17H,8-11H2,1H3,(H,18,19). The van der Waals surface area contributed by atoms with E-state index in [-0.39, 0.29) is 5.91 Å². The lowest BCUT2D eigenvalue weighted by Gasteiger charge is -2.07. The molecule has 21 heavy (non-hydrogen) atoms. The zero-order chi connectivity index (χ0) is 14.9. The number of thiophene rings is 1. The van der Waals surface area contributed by atoms with E-state index in [0.717, 1.165) is 29.1 Å². The summed E-state index contributed by atoms with van der Waals surface area (Å²) in [4.78, 5) is 13.0. The summed E-state index contributed by atoms with van der Waals surface area (Å²) < 4.78 is 4.94. The van der Waals surface area contributed by atoms with Crippen molar-refractivity contribution < 1.29 is 9.53 Å². The Hall–Kier alpha value is -1.69. The van der Waals surface area contributed by atoms with E-state index in [4.69, 9.17) is 4.74 Å². The van der Waals surface area contributed by atoms with E-state index in [9.17, 15) is 4.79 Å². The molecule has 2 N–H and O–H groups in total. The minimum absolute atomic E-state index is 0.0163. The van der Waals surface area contributed by atoms with Crippen molar-refractivity contribution in [3.05, 3.63) is 46.7 Å². The molecule has 1 heterocycles. The number of carbonyl (C=O) groups excluding carboxylic acids is 1.